The lowest BCUT2D eigenvalue weighted by atomic mass is 10.1. The van der Waals surface area contributed by atoms with Gasteiger partial charge in [0.1, 0.15) is 4.32 Å². The minimum Gasteiger partial charge on any atom is -0.462 e. The van der Waals surface area contributed by atoms with Crippen molar-refractivity contribution in [3.8, 4) is 11.3 Å². The fraction of sp³-hybridized carbons (Fsp3) is 0.158. The predicted molar refractivity (Wildman–Crippen MR) is 107 cm³/mol. The van der Waals surface area contributed by atoms with Crippen molar-refractivity contribution in [2.75, 3.05) is 6.61 Å². The molecular weight excluding hydrogens is 368 g/mol. The Morgan fingerprint density at radius 1 is 1.27 bits per heavy atom. The predicted octanol–water partition coefficient (Wildman–Crippen LogP) is 3.72. The zero-order valence-corrected chi connectivity index (χ0v) is 15.9. The number of thiocarbonyl (C=S) groups is 1. The minimum absolute atomic E-state index is 0.258. The van der Waals surface area contributed by atoms with Crippen LogP contribution in [-0.2, 0) is 9.53 Å². The second-order valence-electron chi connectivity index (χ2n) is 5.57. The van der Waals surface area contributed by atoms with E-state index in [1.165, 1.54) is 0 Å². The third kappa shape index (κ3) is 4.00. The number of rotatable bonds is 4. The summed E-state index contributed by atoms with van der Waals surface area (Å²) < 4.78 is 5.48. The summed E-state index contributed by atoms with van der Waals surface area (Å²) in [4.78, 5) is 29.2. The van der Waals surface area contributed by atoms with Gasteiger partial charge in [-0.1, -0.05) is 53.8 Å². The highest BCUT2D eigenvalue weighted by atomic mass is 32.2. The molecule has 132 valence electrons. The number of hydrogen-bond donors (Lipinski definition) is 1. The Kier molecular flexibility index (Phi) is 5.49. The first kappa shape index (κ1) is 18.3. The lowest BCUT2D eigenvalue weighted by molar-refractivity contribution is -0.115. The number of aromatic nitrogens is 1. The molecule has 1 aromatic heterocycles. The van der Waals surface area contributed by atoms with Crippen molar-refractivity contribution in [2.45, 2.75) is 13.8 Å². The van der Waals surface area contributed by atoms with E-state index in [4.69, 9.17) is 17.0 Å². The van der Waals surface area contributed by atoms with Gasteiger partial charge in [0.2, 0.25) is 0 Å². The van der Waals surface area contributed by atoms with Crippen LogP contribution in [-0.4, -0.2) is 27.8 Å². The molecule has 1 saturated heterocycles. The number of amides is 1. The monoisotopic (exact) mass is 384 g/mol. The van der Waals surface area contributed by atoms with E-state index in [0.29, 0.717) is 26.2 Å². The van der Waals surface area contributed by atoms with Crippen LogP contribution in [0.5, 0.6) is 0 Å². The summed E-state index contributed by atoms with van der Waals surface area (Å²) in [5.74, 6) is -0.773. The highest BCUT2D eigenvalue weighted by Crippen LogP contribution is 2.28. The first-order chi connectivity index (χ1) is 12.5. The molecule has 0 radical (unpaired) electrons. The molecule has 1 N–H and O–H groups in total. The number of thioether (sulfide) groups is 1. The highest BCUT2D eigenvalue weighted by Gasteiger charge is 2.24. The van der Waals surface area contributed by atoms with Gasteiger partial charge in [-0.15, -0.1) is 0 Å². The van der Waals surface area contributed by atoms with Gasteiger partial charge in [0, 0.05) is 5.56 Å². The Hall–Kier alpha value is -2.51. The molecule has 1 aliphatic rings. The number of carbonyl (C=O) groups excluding carboxylic acids is 2. The summed E-state index contributed by atoms with van der Waals surface area (Å²) >= 11 is 6.15. The van der Waals surface area contributed by atoms with Crippen LogP contribution in [0.4, 0.5) is 0 Å². The molecule has 1 amide bonds. The van der Waals surface area contributed by atoms with E-state index >= 15 is 0 Å². The number of hydrogen-bond acceptors (Lipinski definition) is 6. The lowest BCUT2D eigenvalue weighted by Gasteiger charge is -2.09. The van der Waals surface area contributed by atoms with Crippen molar-refractivity contribution in [2.24, 2.45) is 0 Å². The van der Waals surface area contributed by atoms with Crippen LogP contribution < -0.4 is 5.32 Å². The fourth-order valence-electron chi connectivity index (χ4n) is 2.40. The summed E-state index contributed by atoms with van der Waals surface area (Å²) in [5, 5.41) is 2.56. The van der Waals surface area contributed by atoms with E-state index < -0.39 is 5.97 Å². The van der Waals surface area contributed by atoms with Crippen molar-refractivity contribution in [3.05, 3.63) is 58.1 Å². The molecule has 5 nitrogen and oxygen atoms in total. The molecule has 26 heavy (non-hydrogen) atoms. The molecular formula is C19H16N2O3S2. The number of pyridine rings is 1. The molecule has 1 aliphatic heterocycles. The van der Waals surface area contributed by atoms with Crippen LogP contribution in [0.25, 0.3) is 17.3 Å². The van der Waals surface area contributed by atoms with E-state index in [9.17, 15) is 9.59 Å². The summed E-state index contributed by atoms with van der Waals surface area (Å²) in [6, 6.07) is 11.4. The Morgan fingerprint density at radius 3 is 2.62 bits per heavy atom. The maximum absolute atomic E-state index is 12.3. The highest BCUT2D eigenvalue weighted by molar-refractivity contribution is 8.26. The summed E-state index contributed by atoms with van der Waals surface area (Å²) in [5.41, 5.74) is 3.46. The molecule has 0 unspecified atom stereocenters. The molecule has 1 fully saturated rings. The number of nitrogens with one attached hydrogen (secondary N) is 1. The first-order valence-corrected chi connectivity index (χ1v) is 9.20. The Labute approximate surface area is 160 Å². The Morgan fingerprint density at radius 2 is 2.00 bits per heavy atom. The first-order valence-electron chi connectivity index (χ1n) is 7.98. The molecule has 2 heterocycles. The van der Waals surface area contributed by atoms with Crippen LogP contribution in [0.3, 0.4) is 0 Å². The third-order valence-electron chi connectivity index (χ3n) is 3.68. The molecule has 0 spiro atoms. The van der Waals surface area contributed by atoms with E-state index in [0.717, 1.165) is 22.9 Å². The zero-order valence-electron chi connectivity index (χ0n) is 14.2. The van der Waals surface area contributed by atoms with Gasteiger partial charge in [0.25, 0.3) is 5.91 Å². The largest absolute Gasteiger partial charge is 0.462 e. The van der Waals surface area contributed by atoms with Crippen LogP contribution in [0, 0.1) is 6.92 Å². The van der Waals surface area contributed by atoms with Gasteiger partial charge in [0.15, 0.2) is 0 Å². The van der Waals surface area contributed by atoms with Crippen LogP contribution >= 0.6 is 24.0 Å². The average molecular weight is 384 g/mol. The quantitative estimate of drug-likeness (QED) is 0.492. The van der Waals surface area contributed by atoms with E-state index in [2.05, 4.69) is 10.3 Å². The van der Waals surface area contributed by atoms with Crippen molar-refractivity contribution in [1.82, 2.24) is 10.3 Å². The van der Waals surface area contributed by atoms with Crippen molar-refractivity contribution in [3.63, 3.8) is 0 Å². The minimum atomic E-state index is -0.478. The van der Waals surface area contributed by atoms with Gasteiger partial charge in [-0.3, -0.25) is 4.79 Å². The third-order valence-corrected chi connectivity index (χ3v) is 4.84. The fourth-order valence-corrected chi connectivity index (χ4v) is 3.42. The number of carbonyl (C=O) groups is 2. The molecule has 0 bridgehead atoms. The van der Waals surface area contributed by atoms with E-state index in [1.807, 2.05) is 31.2 Å². The van der Waals surface area contributed by atoms with E-state index in [1.54, 1.807) is 25.1 Å². The van der Waals surface area contributed by atoms with Gasteiger partial charge in [-0.25, -0.2) is 9.78 Å². The number of benzene rings is 1. The number of nitrogens with zero attached hydrogens (tertiary/aromatic N) is 1. The lowest BCUT2D eigenvalue weighted by Crippen LogP contribution is -2.17. The maximum atomic E-state index is 12.3. The average Bonchev–Trinajstić information content (AvgIpc) is 2.93. The second-order valence-corrected chi connectivity index (χ2v) is 7.29. The van der Waals surface area contributed by atoms with Crippen molar-refractivity contribution in [1.29, 1.82) is 0 Å². The smallest absolute Gasteiger partial charge is 0.340 e. The van der Waals surface area contributed by atoms with E-state index in [-0.39, 0.29) is 12.5 Å². The van der Waals surface area contributed by atoms with Crippen LogP contribution in [0.2, 0.25) is 0 Å². The normalized spacial score (nSPS) is 15.2. The topological polar surface area (TPSA) is 68.3 Å². The molecule has 0 saturated carbocycles. The summed E-state index contributed by atoms with van der Waals surface area (Å²) in [7, 11) is 0. The van der Waals surface area contributed by atoms with Gasteiger partial charge in [-0.2, -0.15) is 0 Å². The van der Waals surface area contributed by atoms with Gasteiger partial charge in [-0.05, 0) is 32.1 Å². The zero-order chi connectivity index (χ0) is 18.7. The SMILES string of the molecule is CCOC(=O)c1ccc(-c2ccc(C)cc2)nc1/C=C1\SC(=S)NC1=O. The van der Waals surface area contributed by atoms with Gasteiger partial charge >= 0.3 is 5.97 Å². The van der Waals surface area contributed by atoms with Crippen LogP contribution in [0.1, 0.15) is 28.5 Å². The number of esters is 1. The summed E-state index contributed by atoms with van der Waals surface area (Å²) in [6.45, 7) is 4.01. The standard InChI is InChI=1S/C19H16N2O3S2/c1-3-24-18(23)13-8-9-14(12-6-4-11(2)5-7-12)20-15(13)10-16-17(22)21-19(25)26-16/h4-10H,3H2,1-2H3,(H,21,22,25)/b16-10-. The molecule has 2 aromatic rings. The Balaban J connectivity index is 2.08. The summed E-state index contributed by atoms with van der Waals surface area (Å²) in [6.07, 6.45) is 1.57. The maximum Gasteiger partial charge on any atom is 0.340 e. The Bertz CT molecular complexity index is 921. The number of ether oxygens (including phenoxy) is 1. The molecule has 7 heteroatoms. The molecule has 0 aliphatic carbocycles. The number of aryl methyl sites for hydroxylation is 1. The second kappa shape index (κ2) is 7.80. The van der Waals surface area contributed by atoms with Crippen molar-refractivity contribution >= 4 is 46.3 Å². The van der Waals surface area contributed by atoms with Gasteiger partial charge < -0.3 is 10.1 Å². The molecule has 1 aromatic carbocycles. The van der Waals surface area contributed by atoms with Gasteiger partial charge in [0.05, 0.1) is 28.5 Å². The molecule has 3 rings (SSSR count). The van der Waals surface area contributed by atoms with Crippen LogP contribution in [0.15, 0.2) is 41.3 Å². The molecule has 0 atom stereocenters. The van der Waals surface area contributed by atoms with Crippen molar-refractivity contribution < 1.29 is 14.3 Å².